The van der Waals surface area contributed by atoms with E-state index in [2.05, 4.69) is 11.1 Å². The van der Waals surface area contributed by atoms with Crippen LogP contribution in [-0.2, 0) is 0 Å². The third kappa shape index (κ3) is 1.71. The number of hydrogen-bond donors (Lipinski definition) is 1. The van der Waals surface area contributed by atoms with Crippen molar-refractivity contribution in [3.8, 4) is 6.07 Å². The smallest absolute Gasteiger partial charge is 0.0912 e. The molecule has 0 aliphatic carbocycles. The van der Waals surface area contributed by atoms with Crippen LogP contribution < -0.4 is 0 Å². The average Bonchev–Trinajstić information content (AvgIpc) is 2.26. The first kappa shape index (κ1) is 7.62. The Hall–Kier alpha value is -1.49. The van der Waals surface area contributed by atoms with Crippen LogP contribution >= 0.6 is 0 Å². The summed E-state index contributed by atoms with van der Waals surface area (Å²) < 4.78 is 0. The molecule has 2 heteroatoms. The maximum atomic E-state index is 8.27. The van der Waals surface area contributed by atoms with E-state index in [1.807, 2.05) is 19.9 Å². The zero-order valence-corrected chi connectivity index (χ0v) is 6.68. The second-order valence-electron chi connectivity index (χ2n) is 2.51. The van der Waals surface area contributed by atoms with Crippen molar-refractivity contribution in [3.63, 3.8) is 0 Å². The largest absolute Gasteiger partial charge is 0.359 e. The summed E-state index contributed by atoms with van der Waals surface area (Å²) in [6, 6.07) is 4.00. The number of hydrogen-bond acceptors (Lipinski definition) is 1. The Labute approximate surface area is 66.2 Å². The van der Waals surface area contributed by atoms with Crippen molar-refractivity contribution in [2.75, 3.05) is 0 Å². The van der Waals surface area contributed by atoms with Gasteiger partial charge in [-0.25, -0.2) is 0 Å². The lowest BCUT2D eigenvalue weighted by Gasteiger charge is -1.86. The zero-order valence-electron chi connectivity index (χ0n) is 6.68. The van der Waals surface area contributed by atoms with Gasteiger partial charge in [-0.3, -0.25) is 0 Å². The number of aromatic nitrogens is 1. The average molecular weight is 146 g/mol. The molecule has 0 saturated heterocycles. The molecule has 0 spiro atoms. The van der Waals surface area contributed by atoms with Gasteiger partial charge >= 0.3 is 0 Å². The molecule has 0 amide bonds. The van der Waals surface area contributed by atoms with Crippen LogP contribution in [0.2, 0.25) is 0 Å². The van der Waals surface area contributed by atoms with Gasteiger partial charge in [-0.15, -0.1) is 0 Å². The molecule has 11 heavy (non-hydrogen) atoms. The van der Waals surface area contributed by atoms with E-state index < -0.39 is 0 Å². The first-order valence-electron chi connectivity index (χ1n) is 3.46. The summed E-state index contributed by atoms with van der Waals surface area (Å²) in [5, 5.41) is 8.27. The van der Waals surface area contributed by atoms with Crippen molar-refractivity contribution in [1.82, 2.24) is 4.98 Å². The molecule has 1 rings (SSSR count). The first-order valence-corrected chi connectivity index (χ1v) is 3.46. The van der Waals surface area contributed by atoms with Crippen LogP contribution in [0.15, 0.2) is 12.1 Å². The van der Waals surface area contributed by atoms with Crippen LogP contribution in [0.4, 0.5) is 0 Å². The predicted molar refractivity (Wildman–Crippen MR) is 44.9 cm³/mol. The van der Waals surface area contributed by atoms with E-state index in [1.165, 1.54) is 11.6 Å². The number of aromatic amines is 1. The number of nitrogens with one attached hydrogen (secondary N) is 1. The molecule has 0 saturated carbocycles. The number of aryl methyl sites for hydroxylation is 2. The van der Waals surface area contributed by atoms with Gasteiger partial charge in [0.05, 0.1) is 6.07 Å². The quantitative estimate of drug-likeness (QED) is 0.606. The summed E-state index contributed by atoms with van der Waals surface area (Å²) in [6.45, 7) is 4.01. The van der Waals surface area contributed by atoms with Crippen molar-refractivity contribution in [2.45, 2.75) is 13.8 Å². The van der Waals surface area contributed by atoms with E-state index in [0.29, 0.717) is 0 Å². The van der Waals surface area contributed by atoms with E-state index >= 15 is 0 Å². The lowest BCUT2D eigenvalue weighted by Crippen LogP contribution is -1.73. The molecule has 0 bridgehead atoms. The van der Waals surface area contributed by atoms with Gasteiger partial charge in [0.2, 0.25) is 0 Å². The third-order valence-corrected chi connectivity index (χ3v) is 1.51. The minimum Gasteiger partial charge on any atom is -0.359 e. The normalized spacial score (nSPS) is 10.3. The molecule has 1 N–H and O–H groups in total. The van der Waals surface area contributed by atoms with Gasteiger partial charge in [-0.2, -0.15) is 5.26 Å². The van der Waals surface area contributed by atoms with Gasteiger partial charge < -0.3 is 4.98 Å². The summed E-state index contributed by atoms with van der Waals surface area (Å²) >= 11 is 0. The number of nitriles is 1. The van der Waals surface area contributed by atoms with Crippen LogP contribution in [0.5, 0.6) is 0 Å². The molecule has 1 aromatic rings. The zero-order chi connectivity index (χ0) is 8.27. The van der Waals surface area contributed by atoms with Crippen molar-refractivity contribution in [3.05, 3.63) is 29.1 Å². The molecule has 0 aliphatic heterocycles. The number of H-pyrrole nitrogens is 1. The molecular formula is C9H10N2. The second kappa shape index (κ2) is 3.07. The highest BCUT2D eigenvalue weighted by Crippen LogP contribution is 2.09. The SMILES string of the molecule is Cc1cc(C)c(C=CC#N)[nH]1. The Balaban J connectivity index is 2.96. The van der Waals surface area contributed by atoms with Gasteiger partial charge in [0.15, 0.2) is 0 Å². The molecule has 0 fully saturated rings. The molecular weight excluding hydrogens is 136 g/mol. The molecule has 0 unspecified atom stereocenters. The van der Waals surface area contributed by atoms with E-state index in [9.17, 15) is 0 Å². The van der Waals surface area contributed by atoms with Crippen LogP contribution in [0.3, 0.4) is 0 Å². The Kier molecular flexibility index (Phi) is 2.12. The van der Waals surface area contributed by atoms with Gasteiger partial charge in [0.25, 0.3) is 0 Å². The molecule has 0 aromatic carbocycles. The summed E-state index contributed by atoms with van der Waals surface area (Å²) in [7, 11) is 0. The maximum Gasteiger partial charge on any atom is 0.0912 e. The van der Waals surface area contributed by atoms with Crippen LogP contribution in [-0.4, -0.2) is 4.98 Å². The van der Waals surface area contributed by atoms with Crippen LogP contribution in [0, 0.1) is 25.2 Å². The summed E-state index contributed by atoms with van der Waals surface area (Å²) in [4.78, 5) is 3.14. The first-order chi connectivity index (χ1) is 5.24. The molecule has 1 heterocycles. The van der Waals surface area contributed by atoms with E-state index in [1.54, 1.807) is 6.08 Å². The number of allylic oxidation sites excluding steroid dienone is 1. The Bertz CT molecular complexity index is 313. The van der Waals surface area contributed by atoms with Crippen molar-refractivity contribution in [1.29, 1.82) is 5.26 Å². The standard InChI is InChI=1S/C9H10N2/c1-7-6-8(2)11-9(7)4-3-5-10/h3-4,6,11H,1-2H3. The monoisotopic (exact) mass is 146 g/mol. The van der Waals surface area contributed by atoms with E-state index in [-0.39, 0.29) is 0 Å². The molecule has 0 radical (unpaired) electrons. The third-order valence-electron chi connectivity index (χ3n) is 1.51. The fourth-order valence-electron chi connectivity index (χ4n) is 1.04. The number of rotatable bonds is 1. The highest BCUT2D eigenvalue weighted by atomic mass is 14.7. The predicted octanol–water partition coefficient (Wildman–Crippen LogP) is 2.17. The number of nitrogens with zero attached hydrogens (tertiary/aromatic N) is 1. The van der Waals surface area contributed by atoms with Gasteiger partial charge in [-0.05, 0) is 31.6 Å². The Morgan fingerprint density at radius 2 is 2.27 bits per heavy atom. The minimum absolute atomic E-state index is 1.02. The molecule has 56 valence electrons. The second-order valence-corrected chi connectivity index (χ2v) is 2.51. The summed E-state index contributed by atoms with van der Waals surface area (Å²) in [6.07, 6.45) is 3.25. The van der Waals surface area contributed by atoms with Gasteiger partial charge in [0, 0.05) is 17.5 Å². The highest BCUT2D eigenvalue weighted by molar-refractivity contribution is 5.52. The fraction of sp³-hybridized carbons (Fsp3) is 0.222. The van der Waals surface area contributed by atoms with E-state index in [0.717, 1.165) is 11.4 Å². The Morgan fingerprint density at radius 1 is 1.55 bits per heavy atom. The molecule has 1 aromatic heterocycles. The highest BCUT2D eigenvalue weighted by Gasteiger charge is 1.95. The van der Waals surface area contributed by atoms with Gasteiger partial charge in [0.1, 0.15) is 0 Å². The summed E-state index contributed by atoms with van der Waals surface area (Å²) in [5.41, 5.74) is 3.32. The van der Waals surface area contributed by atoms with Crippen LogP contribution in [0.25, 0.3) is 6.08 Å². The minimum atomic E-state index is 1.02. The fourth-order valence-corrected chi connectivity index (χ4v) is 1.04. The van der Waals surface area contributed by atoms with Crippen molar-refractivity contribution < 1.29 is 0 Å². The van der Waals surface area contributed by atoms with Gasteiger partial charge in [-0.1, -0.05) is 0 Å². The molecule has 2 nitrogen and oxygen atoms in total. The molecule has 0 aliphatic rings. The Morgan fingerprint density at radius 3 is 2.73 bits per heavy atom. The van der Waals surface area contributed by atoms with E-state index in [4.69, 9.17) is 5.26 Å². The van der Waals surface area contributed by atoms with Crippen LogP contribution in [0.1, 0.15) is 17.0 Å². The van der Waals surface area contributed by atoms with Crippen molar-refractivity contribution >= 4 is 6.08 Å². The lowest BCUT2D eigenvalue weighted by atomic mass is 10.2. The molecule has 0 atom stereocenters. The maximum absolute atomic E-state index is 8.27. The lowest BCUT2D eigenvalue weighted by molar-refractivity contribution is 1.24. The summed E-state index contributed by atoms with van der Waals surface area (Å²) in [5.74, 6) is 0. The topological polar surface area (TPSA) is 39.6 Å². The van der Waals surface area contributed by atoms with Crippen molar-refractivity contribution in [2.24, 2.45) is 0 Å².